The van der Waals surface area contributed by atoms with Crippen LogP contribution in [-0.2, 0) is 19.6 Å². The maximum Gasteiger partial charge on any atom is 0.264 e. The van der Waals surface area contributed by atoms with E-state index in [9.17, 15) is 18.0 Å². The Morgan fingerprint density at radius 2 is 1.78 bits per heavy atom. The van der Waals surface area contributed by atoms with Gasteiger partial charge in [-0.1, -0.05) is 29.3 Å². The van der Waals surface area contributed by atoms with E-state index in [1.165, 1.54) is 25.3 Å². The predicted molar refractivity (Wildman–Crippen MR) is 122 cm³/mol. The molecule has 2 aromatic rings. The number of benzene rings is 2. The number of amides is 2. The van der Waals surface area contributed by atoms with Crippen LogP contribution in [0.4, 0.5) is 5.69 Å². The summed E-state index contributed by atoms with van der Waals surface area (Å²) in [6.45, 7) is 2.08. The summed E-state index contributed by atoms with van der Waals surface area (Å²) in [4.78, 5) is 26.1. The van der Waals surface area contributed by atoms with E-state index in [2.05, 4.69) is 0 Å². The number of ether oxygens (including phenoxy) is 1. The summed E-state index contributed by atoms with van der Waals surface area (Å²) >= 11 is 6.15. The molecule has 0 bridgehead atoms. The summed E-state index contributed by atoms with van der Waals surface area (Å²) in [6, 6.07) is 11.0. The summed E-state index contributed by atoms with van der Waals surface area (Å²) in [5.74, 6) is -0.778. The first-order valence-electron chi connectivity index (χ1n) is 10.1. The van der Waals surface area contributed by atoms with Crippen molar-refractivity contribution in [2.45, 2.75) is 24.7 Å². The summed E-state index contributed by atoms with van der Waals surface area (Å²) in [7, 11) is -2.69. The molecule has 1 fully saturated rings. The van der Waals surface area contributed by atoms with E-state index in [-0.39, 0.29) is 34.1 Å². The van der Waals surface area contributed by atoms with Gasteiger partial charge in [-0.3, -0.25) is 13.9 Å². The molecule has 32 heavy (non-hydrogen) atoms. The zero-order valence-corrected chi connectivity index (χ0v) is 19.5. The Kier molecular flexibility index (Phi) is 7.30. The third-order valence-electron chi connectivity index (χ3n) is 5.55. The number of nitrogens with zero attached hydrogens (tertiary/aromatic N) is 2. The Morgan fingerprint density at radius 1 is 1.16 bits per heavy atom. The minimum Gasteiger partial charge on any atom is -0.495 e. The number of likely N-dealkylation sites (tertiary alicyclic amines) is 1. The lowest BCUT2D eigenvalue weighted by atomic mass is 9.96. The highest BCUT2D eigenvalue weighted by Crippen LogP contribution is 2.35. The van der Waals surface area contributed by atoms with Gasteiger partial charge in [-0.05, 0) is 50.1 Å². The first-order chi connectivity index (χ1) is 15.1. The van der Waals surface area contributed by atoms with Gasteiger partial charge in [0.05, 0.1) is 17.7 Å². The molecule has 10 heteroatoms. The number of carbonyl (C=O) groups excluding carboxylic acids is 2. The number of piperidine rings is 1. The fraction of sp³-hybridized carbons (Fsp3) is 0.364. The number of nitrogens with two attached hydrogens (primary N) is 1. The van der Waals surface area contributed by atoms with Crippen molar-refractivity contribution < 1.29 is 22.7 Å². The minimum atomic E-state index is -4.11. The van der Waals surface area contributed by atoms with Gasteiger partial charge in [0.2, 0.25) is 11.8 Å². The zero-order valence-electron chi connectivity index (χ0n) is 18.0. The fourth-order valence-electron chi connectivity index (χ4n) is 3.63. The highest BCUT2D eigenvalue weighted by Gasteiger charge is 2.33. The van der Waals surface area contributed by atoms with Gasteiger partial charge >= 0.3 is 0 Å². The molecule has 0 saturated carbocycles. The van der Waals surface area contributed by atoms with Crippen LogP contribution < -0.4 is 14.8 Å². The summed E-state index contributed by atoms with van der Waals surface area (Å²) in [5, 5.41) is 0.305. The van der Waals surface area contributed by atoms with Crippen LogP contribution in [0.1, 0.15) is 18.4 Å². The molecule has 0 atom stereocenters. The Balaban J connectivity index is 1.96. The Labute approximate surface area is 192 Å². The van der Waals surface area contributed by atoms with Crippen LogP contribution in [0.15, 0.2) is 47.4 Å². The van der Waals surface area contributed by atoms with Gasteiger partial charge in [0.25, 0.3) is 10.0 Å². The second-order valence-electron chi connectivity index (χ2n) is 7.70. The highest BCUT2D eigenvalue weighted by atomic mass is 35.5. The molecular formula is C22H26ClN3O5S. The number of anilines is 1. The second kappa shape index (κ2) is 9.79. The van der Waals surface area contributed by atoms with E-state index in [4.69, 9.17) is 22.1 Å². The molecular weight excluding hydrogens is 454 g/mol. The Hall–Kier alpha value is -2.78. The number of halogens is 1. The number of rotatable bonds is 7. The molecule has 3 rings (SSSR count). The van der Waals surface area contributed by atoms with Crippen LogP contribution in [0.25, 0.3) is 0 Å². The van der Waals surface area contributed by atoms with Crippen molar-refractivity contribution in [3.8, 4) is 5.75 Å². The molecule has 0 aliphatic carbocycles. The van der Waals surface area contributed by atoms with E-state index in [0.717, 1.165) is 9.87 Å². The topological polar surface area (TPSA) is 110 Å². The van der Waals surface area contributed by atoms with Crippen LogP contribution in [0.3, 0.4) is 0 Å². The number of sulfonamides is 1. The van der Waals surface area contributed by atoms with E-state index >= 15 is 0 Å². The van der Waals surface area contributed by atoms with Gasteiger partial charge in [-0.2, -0.15) is 0 Å². The average Bonchev–Trinajstić information content (AvgIpc) is 2.77. The number of methoxy groups -OCH3 is 1. The van der Waals surface area contributed by atoms with Crippen LogP contribution in [0.5, 0.6) is 5.75 Å². The maximum atomic E-state index is 13.6. The summed E-state index contributed by atoms with van der Waals surface area (Å²) < 4.78 is 33.5. The molecule has 0 spiro atoms. The molecule has 2 N–H and O–H groups in total. The Bertz CT molecular complexity index is 1100. The lowest BCUT2D eigenvalue weighted by Crippen LogP contribution is -2.47. The monoisotopic (exact) mass is 479 g/mol. The number of hydrogen-bond acceptors (Lipinski definition) is 5. The predicted octanol–water partition coefficient (Wildman–Crippen LogP) is 2.58. The summed E-state index contributed by atoms with van der Waals surface area (Å²) in [5.41, 5.74) is 6.44. The van der Waals surface area contributed by atoms with Crippen molar-refractivity contribution >= 4 is 39.1 Å². The van der Waals surface area contributed by atoms with Crippen LogP contribution in [0.2, 0.25) is 5.02 Å². The maximum absolute atomic E-state index is 13.6. The molecule has 1 aliphatic heterocycles. The van der Waals surface area contributed by atoms with Crippen LogP contribution in [-0.4, -0.2) is 51.9 Å². The first-order valence-corrected chi connectivity index (χ1v) is 12.0. The molecule has 1 saturated heterocycles. The molecule has 1 heterocycles. The molecule has 8 nitrogen and oxygen atoms in total. The number of carbonyl (C=O) groups is 2. The van der Waals surface area contributed by atoms with Gasteiger partial charge in [0, 0.05) is 24.0 Å². The van der Waals surface area contributed by atoms with Crippen molar-refractivity contribution in [2.75, 3.05) is 31.0 Å². The smallest absolute Gasteiger partial charge is 0.264 e. The highest BCUT2D eigenvalue weighted by molar-refractivity contribution is 7.92. The summed E-state index contributed by atoms with van der Waals surface area (Å²) in [6.07, 6.45) is 0.901. The van der Waals surface area contributed by atoms with E-state index in [1.807, 2.05) is 6.92 Å². The number of aryl methyl sites for hydroxylation is 1. The molecule has 2 amide bonds. The fourth-order valence-corrected chi connectivity index (χ4v) is 5.21. The largest absolute Gasteiger partial charge is 0.495 e. The molecule has 0 aromatic heterocycles. The molecule has 172 valence electrons. The lowest BCUT2D eigenvalue weighted by molar-refractivity contribution is -0.133. The van der Waals surface area contributed by atoms with Crippen LogP contribution in [0, 0.1) is 12.8 Å². The van der Waals surface area contributed by atoms with E-state index in [0.29, 0.717) is 31.0 Å². The van der Waals surface area contributed by atoms with Gasteiger partial charge < -0.3 is 15.4 Å². The van der Waals surface area contributed by atoms with Crippen LogP contribution >= 0.6 is 11.6 Å². The third-order valence-corrected chi connectivity index (χ3v) is 7.56. The normalized spacial score (nSPS) is 14.8. The van der Waals surface area contributed by atoms with Crippen molar-refractivity contribution in [1.82, 2.24) is 4.90 Å². The van der Waals surface area contributed by atoms with Gasteiger partial charge in [-0.15, -0.1) is 0 Å². The molecule has 0 unspecified atom stereocenters. The van der Waals surface area contributed by atoms with Crippen molar-refractivity contribution in [3.05, 3.63) is 53.1 Å². The van der Waals surface area contributed by atoms with Crippen molar-refractivity contribution in [2.24, 2.45) is 11.7 Å². The molecule has 2 aromatic carbocycles. The van der Waals surface area contributed by atoms with Crippen molar-refractivity contribution in [3.63, 3.8) is 0 Å². The van der Waals surface area contributed by atoms with Crippen molar-refractivity contribution in [1.29, 1.82) is 0 Å². The van der Waals surface area contributed by atoms with E-state index < -0.39 is 16.6 Å². The quantitative estimate of drug-likeness (QED) is 0.656. The SMILES string of the molecule is COc1ccc(Cl)cc1N(CC(=O)N1CCC(C(N)=O)CC1)S(=O)(=O)c1ccc(C)cc1. The second-order valence-corrected chi connectivity index (χ2v) is 10.00. The lowest BCUT2D eigenvalue weighted by Gasteiger charge is -2.33. The third kappa shape index (κ3) is 5.16. The molecule has 1 aliphatic rings. The van der Waals surface area contributed by atoms with Gasteiger partial charge in [0.1, 0.15) is 12.3 Å². The first kappa shape index (κ1) is 23.9. The Morgan fingerprint density at radius 3 is 2.34 bits per heavy atom. The van der Waals surface area contributed by atoms with Gasteiger partial charge in [0.15, 0.2) is 0 Å². The number of primary amides is 1. The number of hydrogen-bond donors (Lipinski definition) is 1. The molecule has 0 radical (unpaired) electrons. The van der Waals surface area contributed by atoms with Gasteiger partial charge in [-0.25, -0.2) is 8.42 Å². The van der Waals surface area contributed by atoms with E-state index in [1.54, 1.807) is 29.2 Å². The standard InChI is InChI=1S/C22H26ClN3O5S/c1-15-3-6-18(7-4-15)32(29,30)26(19-13-17(23)5-8-20(19)31-2)14-21(27)25-11-9-16(10-12-25)22(24)28/h3-8,13,16H,9-12,14H2,1-2H3,(H2,24,28). The average molecular weight is 480 g/mol. The zero-order chi connectivity index (χ0) is 23.5. The minimum absolute atomic E-state index is 0.0466.